The predicted octanol–water partition coefficient (Wildman–Crippen LogP) is 1.30. The van der Waals surface area contributed by atoms with Gasteiger partial charge in [0.1, 0.15) is 5.82 Å². The number of benzene rings is 1. The lowest BCUT2D eigenvalue weighted by Crippen LogP contribution is -2.23. The first-order chi connectivity index (χ1) is 7.58. The van der Waals surface area contributed by atoms with Crippen LogP contribution >= 0.6 is 24.8 Å². The number of aromatic nitrogens is 2. The molecular formula is C10H14Cl2N6. The zero-order chi connectivity index (χ0) is 11.7. The summed E-state index contributed by atoms with van der Waals surface area (Å²) in [5.74, 6) is 0.124. The van der Waals surface area contributed by atoms with Gasteiger partial charge in [0, 0.05) is 17.3 Å². The van der Waals surface area contributed by atoms with Gasteiger partial charge in [0.15, 0.2) is 0 Å². The highest BCUT2D eigenvalue weighted by atomic mass is 35.5. The maximum atomic E-state index is 7.26. The van der Waals surface area contributed by atoms with Gasteiger partial charge < -0.3 is 17.2 Å². The molecule has 2 aromatic rings. The Morgan fingerprint density at radius 2 is 1.67 bits per heavy atom. The molecule has 0 bridgehead atoms. The van der Waals surface area contributed by atoms with Crippen molar-refractivity contribution in [2.45, 2.75) is 0 Å². The van der Waals surface area contributed by atoms with Gasteiger partial charge in [0.2, 0.25) is 5.96 Å². The summed E-state index contributed by atoms with van der Waals surface area (Å²) in [6.45, 7) is 0. The fourth-order valence-electron chi connectivity index (χ4n) is 1.38. The first-order valence-corrected chi connectivity index (χ1v) is 4.64. The Bertz CT molecular complexity index is 534. The van der Waals surface area contributed by atoms with Crippen LogP contribution in [-0.4, -0.2) is 15.7 Å². The summed E-state index contributed by atoms with van der Waals surface area (Å²) >= 11 is 0. The van der Waals surface area contributed by atoms with E-state index in [1.54, 1.807) is 18.2 Å². The number of nitrogens with two attached hydrogens (primary N) is 3. The van der Waals surface area contributed by atoms with Crippen LogP contribution in [0.4, 0.5) is 11.5 Å². The van der Waals surface area contributed by atoms with E-state index in [9.17, 15) is 0 Å². The Morgan fingerprint density at radius 3 is 2.11 bits per heavy atom. The molecule has 1 aromatic carbocycles. The van der Waals surface area contributed by atoms with Crippen molar-refractivity contribution >= 4 is 42.3 Å². The number of halogens is 2. The molecule has 0 saturated carbocycles. The summed E-state index contributed by atoms with van der Waals surface area (Å²) in [4.78, 5) is 0. The molecule has 0 aliphatic rings. The molecule has 0 atom stereocenters. The van der Waals surface area contributed by atoms with Crippen molar-refractivity contribution in [1.29, 1.82) is 5.41 Å². The zero-order valence-electron chi connectivity index (χ0n) is 9.33. The van der Waals surface area contributed by atoms with Crippen LogP contribution in [0.25, 0.3) is 11.3 Å². The average molecular weight is 289 g/mol. The van der Waals surface area contributed by atoms with Gasteiger partial charge in [0.25, 0.3) is 0 Å². The number of hydrogen-bond acceptors (Lipinski definition) is 4. The molecule has 0 unspecified atom stereocenters. The van der Waals surface area contributed by atoms with Gasteiger partial charge in [0.05, 0.1) is 5.69 Å². The highest BCUT2D eigenvalue weighted by Crippen LogP contribution is 2.20. The van der Waals surface area contributed by atoms with Gasteiger partial charge in [-0.3, -0.25) is 5.41 Å². The first-order valence-electron chi connectivity index (χ1n) is 4.64. The molecule has 0 aliphatic heterocycles. The van der Waals surface area contributed by atoms with E-state index in [0.717, 1.165) is 5.56 Å². The lowest BCUT2D eigenvalue weighted by molar-refractivity contribution is 0.925. The van der Waals surface area contributed by atoms with Crippen LogP contribution in [0.2, 0.25) is 0 Å². The van der Waals surface area contributed by atoms with Crippen molar-refractivity contribution < 1.29 is 0 Å². The van der Waals surface area contributed by atoms with Crippen molar-refractivity contribution in [3.8, 4) is 11.3 Å². The van der Waals surface area contributed by atoms with E-state index in [-0.39, 0.29) is 30.8 Å². The topological polar surface area (TPSA) is 120 Å². The van der Waals surface area contributed by atoms with Gasteiger partial charge in [-0.05, 0) is 12.1 Å². The van der Waals surface area contributed by atoms with Crippen LogP contribution in [-0.2, 0) is 0 Å². The van der Waals surface area contributed by atoms with Crippen molar-refractivity contribution in [1.82, 2.24) is 9.78 Å². The summed E-state index contributed by atoms with van der Waals surface area (Å²) in [6.07, 6.45) is 0. The maximum Gasteiger partial charge on any atom is 0.215 e. The van der Waals surface area contributed by atoms with Crippen LogP contribution in [0.1, 0.15) is 0 Å². The Hall–Kier alpha value is -1.92. The van der Waals surface area contributed by atoms with Crippen LogP contribution in [0.5, 0.6) is 0 Å². The third-order valence-corrected chi connectivity index (χ3v) is 2.17. The number of hydrogen-bond donors (Lipinski definition) is 4. The number of nitrogens with zero attached hydrogens (tertiary/aromatic N) is 2. The van der Waals surface area contributed by atoms with E-state index >= 15 is 0 Å². The summed E-state index contributed by atoms with van der Waals surface area (Å²) in [7, 11) is 0. The molecule has 1 heterocycles. The fraction of sp³-hybridized carbons (Fsp3) is 0. The van der Waals surface area contributed by atoms with Crippen molar-refractivity contribution in [2.24, 2.45) is 5.73 Å². The summed E-state index contributed by atoms with van der Waals surface area (Å²) in [5.41, 5.74) is 18.8. The highest BCUT2D eigenvalue weighted by Gasteiger charge is 2.08. The molecular weight excluding hydrogens is 275 g/mol. The first kappa shape index (κ1) is 16.1. The minimum atomic E-state index is -0.209. The molecule has 0 spiro atoms. The molecule has 6 nitrogen and oxygen atoms in total. The van der Waals surface area contributed by atoms with Crippen LogP contribution in [0.15, 0.2) is 30.3 Å². The normalized spacial score (nSPS) is 9.11. The second-order valence-corrected chi connectivity index (χ2v) is 3.37. The van der Waals surface area contributed by atoms with Crippen molar-refractivity contribution in [3.05, 3.63) is 30.3 Å². The summed E-state index contributed by atoms with van der Waals surface area (Å²) in [5, 5.41) is 11.4. The zero-order valence-corrected chi connectivity index (χ0v) is 11.0. The Morgan fingerprint density at radius 1 is 1.11 bits per heavy atom. The Kier molecular flexibility index (Phi) is 5.48. The van der Waals surface area contributed by atoms with Crippen LogP contribution < -0.4 is 17.2 Å². The third kappa shape index (κ3) is 3.06. The van der Waals surface area contributed by atoms with E-state index in [4.69, 9.17) is 22.6 Å². The summed E-state index contributed by atoms with van der Waals surface area (Å²) < 4.78 is 1.17. The van der Waals surface area contributed by atoms with E-state index < -0.39 is 0 Å². The average Bonchev–Trinajstić information content (AvgIpc) is 2.61. The van der Waals surface area contributed by atoms with E-state index in [1.807, 2.05) is 12.1 Å². The fourth-order valence-corrected chi connectivity index (χ4v) is 1.38. The van der Waals surface area contributed by atoms with E-state index in [1.165, 1.54) is 4.68 Å². The quantitative estimate of drug-likeness (QED) is 0.359. The molecule has 8 heteroatoms. The Balaban J connectivity index is 0.00000144. The second-order valence-electron chi connectivity index (χ2n) is 3.37. The molecule has 98 valence electrons. The summed E-state index contributed by atoms with van der Waals surface area (Å²) in [6, 6.07) is 8.88. The number of nitrogen functional groups attached to an aromatic ring is 3. The molecule has 2 rings (SSSR count). The van der Waals surface area contributed by atoms with Gasteiger partial charge in [-0.15, -0.1) is 24.8 Å². The highest BCUT2D eigenvalue weighted by molar-refractivity contribution is 5.85. The predicted molar refractivity (Wildman–Crippen MR) is 78.3 cm³/mol. The maximum absolute atomic E-state index is 7.26. The minimum absolute atomic E-state index is 0. The molecule has 1 aromatic heterocycles. The van der Waals surface area contributed by atoms with Crippen molar-refractivity contribution in [3.63, 3.8) is 0 Å². The third-order valence-electron chi connectivity index (χ3n) is 2.17. The van der Waals surface area contributed by atoms with Crippen LogP contribution in [0.3, 0.4) is 0 Å². The second kappa shape index (κ2) is 6.13. The van der Waals surface area contributed by atoms with Gasteiger partial charge in [-0.1, -0.05) is 12.1 Å². The number of anilines is 2. The molecule has 0 radical (unpaired) electrons. The van der Waals surface area contributed by atoms with Crippen LogP contribution in [0, 0.1) is 5.41 Å². The molecule has 0 fully saturated rings. The number of rotatable bonds is 1. The smallest absolute Gasteiger partial charge is 0.215 e. The van der Waals surface area contributed by atoms with Gasteiger partial charge in [-0.25, -0.2) is 0 Å². The minimum Gasteiger partial charge on any atom is -0.399 e. The Labute approximate surface area is 116 Å². The molecule has 0 amide bonds. The number of nitrogens with one attached hydrogen (secondary N) is 1. The molecule has 0 saturated heterocycles. The van der Waals surface area contributed by atoms with E-state index in [0.29, 0.717) is 17.2 Å². The molecule has 18 heavy (non-hydrogen) atoms. The van der Waals surface area contributed by atoms with Crippen molar-refractivity contribution in [2.75, 3.05) is 11.5 Å². The largest absolute Gasteiger partial charge is 0.399 e. The van der Waals surface area contributed by atoms with Gasteiger partial charge >= 0.3 is 0 Å². The monoisotopic (exact) mass is 288 g/mol. The van der Waals surface area contributed by atoms with Gasteiger partial charge in [-0.2, -0.15) is 9.78 Å². The standard InChI is InChI=1S/C10H12N6.2ClH/c11-7-3-1-6(2-4-7)8-5-9(12)16(15-8)10(13)14;;/h1-5H,11-12H2,(H3,13,14);2*1H. The SMILES string of the molecule is Cl.Cl.N=C(N)n1nc(-c2ccc(N)cc2)cc1N. The lowest BCUT2D eigenvalue weighted by Gasteiger charge is -1.98. The lowest BCUT2D eigenvalue weighted by atomic mass is 10.1. The van der Waals surface area contributed by atoms with E-state index in [2.05, 4.69) is 5.10 Å². The molecule has 0 aliphatic carbocycles. The molecule has 7 N–H and O–H groups in total.